The summed E-state index contributed by atoms with van der Waals surface area (Å²) in [7, 11) is -4.06. The maximum absolute atomic E-state index is 13.3. The van der Waals surface area contributed by atoms with Crippen molar-refractivity contribution in [2.75, 3.05) is 19.7 Å². The second kappa shape index (κ2) is 11.3. The van der Waals surface area contributed by atoms with Crippen LogP contribution in [-0.4, -0.2) is 66.5 Å². The summed E-state index contributed by atoms with van der Waals surface area (Å²) in [5.41, 5.74) is 0.598. The minimum Gasteiger partial charge on any atom is -0.480 e. The Morgan fingerprint density at radius 1 is 1.29 bits per heavy atom. The molecule has 34 heavy (non-hydrogen) atoms. The Hall–Kier alpha value is -1.85. The number of hydrogen-bond acceptors (Lipinski definition) is 6. The molecule has 1 aromatic rings. The van der Waals surface area contributed by atoms with E-state index < -0.39 is 28.0 Å². The number of hydrogen-bond donors (Lipinski definition) is 2. The Morgan fingerprint density at radius 3 is 2.68 bits per heavy atom. The molecule has 2 aliphatic rings. The van der Waals surface area contributed by atoms with Gasteiger partial charge in [-0.05, 0) is 70.0 Å². The zero-order chi connectivity index (χ0) is 24.9. The molecule has 0 radical (unpaired) electrons. The van der Waals surface area contributed by atoms with Crippen LogP contribution in [0.3, 0.4) is 0 Å². The van der Waals surface area contributed by atoms with E-state index in [1.165, 1.54) is 6.07 Å². The number of sulfonamides is 1. The van der Waals surface area contributed by atoms with Gasteiger partial charge in [-0.1, -0.05) is 6.92 Å². The van der Waals surface area contributed by atoms with E-state index in [4.69, 9.17) is 4.74 Å². The first-order valence-corrected chi connectivity index (χ1v) is 13.4. The fourth-order valence-electron chi connectivity index (χ4n) is 4.50. The van der Waals surface area contributed by atoms with Crippen molar-refractivity contribution in [3.05, 3.63) is 17.8 Å². The van der Waals surface area contributed by atoms with Gasteiger partial charge in [0.2, 0.25) is 21.8 Å². The van der Waals surface area contributed by atoms with Crippen LogP contribution in [-0.2, 0) is 14.8 Å². The molecule has 0 amide bonds. The summed E-state index contributed by atoms with van der Waals surface area (Å²) in [5.74, 6) is -3.42. The number of halogens is 2. The average Bonchev–Trinajstić information content (AvgIpc) is 3.26. The predicted octanol–water partition coefficient (Wildman–Crippen LogP) is 3.59. The molecule has 1 aromatic heterocycles. The number of pyridine rings is 1. The SMILES string of the molecule is Cc1ccc(S(=O)(=O)N2CCC[C@H]2C(=O)O)c(OCC[C@@H](C)CCNC2CCC(F)(F)CC2)n1. The number of ether oxygens (including phenoxy) is 1. The summed E-state index contributed by atoms with van der Waals surface area (Å²) in [6, 6.07) is 2.04. The van der Waals surface area contributed by atoms with Crippen molar-refractivity contribution in [3.63, 3.8) is 0 Å². The summed E-state index contributed by atoms with van der Waals surface area (Å²) < 4.78 is 59.7. The molecule has 2 heterocycles. The quantitative estimate of drug-likeness (QED) is 0.475. The third-order valence-corrected chi connectivity index (χ3v) is 8.60. The number of aryl methyl sites for hydroxylation is 1. The summed E-state index contributed by atoms with van der Waals surface area (Å²) in [6.07, 6.45) is 3.12. The maximum Gasteiger partial charge on any atom is 0.322 e. The Bertz CT molecular complexity index is 950. The molecule has 8 nitrogen and oxygen atoms in total. The number of nitrogens with zero attached hydrogens (tertiary/aromatic N) is 2. The molecule has 1 aliphatic carbocycles. The van der Waals surface area contributed by atoms with E-state index in [9.17, 15) is 27.1 Å². The Kier molecular flexibility index (Phi) is 8.86. The fraction of sp³-hybridized carbons (Fsp3) is 0.739. The van der Waals surface area contributed by atoms with Crippen LogP contribution in [0.25, 0.3) is 0 Å². The second-order valence-electron chi connectivity index (χ2n) is 9.48. The lowest BCUT2D eigenvalue weighted by atomic mass is 9.92. The van der Waals surface area contributed by atoms with E-state index in [2.05, 4.69) is 17.2 Å². The molecule has 0 spiro atoms. The van der Waals surface area contributed by atoms with Gasteiger partial charge < -0.3 is 15.2 Å². The van der Waals surface area contributed by atoms with Gasteiger partial charge in [-0.15, -0.1) is 0 Å². The molecule has 1 saturated carbocycles. The molecule has 192 valence electrons. The van der Waals surface area contributed by atoms with Gasteiger partial charge in [0.05, 0.1) is 6.61 Å². The molecule has 0 bridgehead atoms. The molecular weight excluding hydrogens is 468 g/mol. The highest BCUT2D eigenvalue weighted by Gasteiger charge is 2.41. The third kappa shape index (κ3) is 6.85. The number of carbonyl (C=O) groups is 1. The Morgan fingerprint density at radius 2 is 2.00 bits per heavy atom. The topological polar surface area (TPSA) is 109 Å². The van der Waals surface area contributed by atoms with Crippen molar-refractivity contribution >= 4 is 16.0 Å². The molecule has 1 aliphatic heterocycles. The number of nitrogens with one attached hydrogen (secondary N) is 1. The largest absolute Gasteiger partial charge is 0.480 e. The maximum atomic E-state index is 13.3. The predicted molar refractivity (Wildman–Crippen MR) is 123 cm³/mol. The molecular formula is C23H35F2N3O5S. The van der Waals surface area contributed by atoms with Crippen molar-refractivity contribution in [2.45, 2.75) is 88.1 Å². The van der Waals surface area contributed by atoms with Gasteiger partial charge in [-0.2, -0.15) is 4.31 Å². The third-order valence-electron chi connectivity index (χ3n) is 6.68. The van der Waals surface area contributed by atoms with E-state index in [0.29, 0.717) is 31.4 Å². The molecule has 0 unspecified atom stereocenters. The van der Waals surface area contributed by atoms with E-state index in [1.54, 1.807) is 13.0 Å². The lowest BCUT2D eigenvalue weighted by Gasteiger charge is -2.29. The number of carboxylic acid groups (broad SMARTS) is 1. The van der Waals surface area contributed by atoms with Crippen LogP contribution >= 0.6 is 0 Å². The van der Waals surface area contributed by atoms with Crippen molar-refractivity contribution in [1.29, 1.82) is 0 Å². The molecule has 3 rings (SSSR count). The standard InChI is InChI=1S/C23H35F2N3O5S/c1-16(9-13-26-18-7-11-23(24,25)12-8-18)10-15-33-21-20(6-5-17(2)27-21)34(31,32)28-14-3-4-19(28)22(29)30/h5-6,16,18-19,26H,3-4,7-15H2,1-2H3,(H,29,30)/t16-,19-/m0/s1. The highest BCUT2D eigenvalue weighted by molar-refractivity contribution is 7.89. The molecule has 0 aromatic carbocycles. The number of alkyl halides is 2. The summed E-state index contributed by atoms with van der Waals surface area (Å²) in [4.78, 5) is 15.6. The molecule has 1 saturated heterocycles. The summed E-state index contributed by atoms with van der Waals surface area (Å²) >= 11 is 0. The van der Waals surface area contributed by atoms with Gasteiger partial charge in [0.25, 0.3) is 0 Å². The van der Waals surface area contributed by atoms with Gasteiger partial charge in [0.1, 0.15) is 10.9 Å². The first-order valence-electron chi connectivity index (χ1n) is 12.0. The van der Waals surface area contributed by atoms with Crippen LogP contribution in [0.4, 0.5) is 8.78 Å². The van der Waals surface area contributed by atoms with Crippen molar-refractivity contribution < 1.29 is 31.8 Å². The van der Waals surface area contributed by atoms with Gasteiger partial charge in [-0.3, -0.25) is 4.79 Å². The molecule has 2 N–H and O–H groups in total. The first-order chi connectivity index (χ1) is 16.0. The number of rotatable bonds is 11. The summed E-state index contributed by atoms with van der Waals surface area (Å²) in [5, 5.41) is 12.8. The number of aliphatic carboxylic acids is 1. The average molecular weight is 504 g/mol. The minimum atomic E-state index is -4.06. The van der Waals surface area contributed by atoms with E-state index in [0.717, 1.165) is 17.3 Å². The van der Waals surface area contributed by atoms with Crippen LogP contribution in [0.15, 0.2) is 17.0 Å². The van der Waals surface area contributed by atoms with Crippen LogP contribution < -0.4 is 10.1 Å². The van der Waals surface area contributed by atoms with Crippen molar-refractivity contribution in [1.82, 2.24) is 14.6 Å². The van der Waals surface area contributed by atoms with Gasteiger partial charge in [0, 0.05) is 31.1 Å². The molecule has 2 fully saturated rings. The number of carboxylic acids is 1. The van der Waals surface area contributed by atoms with Crippen LogP contribution in [0.5, 0.6) is 5.88 Å². The highest BCUT2D eigenvalue weighted by atomic mass is 32.2. The minimum absolute atomic E-state index is 0.00972. The lowest BCUT2D eigenvalue weighted by Crippen LogP contribution is -2.40. The Labute approximate surface area is 200 Å². The fourth-order valence-corrected chi connectivity index (χ4v) is 6.22. The zero-order valence-corrected chi connectivity index (χ0v) is 20.6. The van der Waals surface area contributed by atoms with Gasteiger partial charge in [-0.25, -0.2) is 22.2 Å². The van der Waals surface area contributed by atoms with Crippen LogP contribution in [0, 0.1) is 12.8 Å². The number of aromatic nitrogens is 1. The first kappa shape index (κ1) is 26.7. The van der Waals surface area contributed by atoms with Crippen molar-refractivity contribution in [3.8, 4) is 5.88 Å². The van der Waals surface area contributed by atoms with E-state index in [1.807, 2.05) is 0 Å². The molecule has 11 heteroatoms. The van der Waals surface area contributed by atoms with Gasteiger partial charge in [0.15, 0.2) is 0 Å². The zero-order valence-electron chi connectivity index (χ0n) is 19.8. The highest BCUT2D eigenvalue weighted by Crippen LogP contribution is 2.33. The lowest BCUT2D eigenvalue weighted by molar-refractivity contribution is -0.140. The normalized spacial score (nSPS) is 22.5. The van der Waals surface area contributed by atoms with E-state index in [-0.39, 0.29) is 55.1 Å². The molecule has 2 atom stereocenters. The summed E-state index contributed by atoms with van der Waals surface area (Å²) in [6.45, 7) is 4.93. The monoisotopic (exact) mass is 503 g/mol. The van der Waals surface area contributed by atoms with Crippen molar-refractivity contribution in [2.24, 2.45) is 5.92 Å². The smallest absolute Gasteiger partial charge is 0.322 e. The van der Waals surface area contributed by atoms with E-state index >= 15 is 0 Å². The second-order valence-corrected chi connectivity index (χ2v) is 11.3. The van der Waals surface area contributed by atoms with Crippen LogP contribution in [0.1, 0.15) is 64.0 Å². The van der Waals surface area contributed by atoms with Gasteiger partial charge >= 0.3 is 5.97 Å². The van der Waals surface area contributed by atoms with Crippen LogP contribution in [0.2, 0.25) is 0 Å². The Balaban J connectivity index is 1.52.